The fraction of sp³-hybridized carbons (Fsp3) is 0.360. The van der Waals surface area contributed by atoms with Gasteiger partial charge in [-0.3, -0.25) is 14.5 Å². The molecule has 0 bridgehead atoms. The average Bonchev–Trinajstić information content (AvgIpc) is 2.72. The van der Waals surface area contributed by atoms with Crippen LogP contribution in [0.4, 0.5) is 5.69 Å². The number of allylic oxidation sites excluding steroid dienone is 2. The number of para-hydroxylation sites is 2. The molecule has 0 radical (unpaired) electrons. The summed E-state index contributed by atoms with van der Waals surface area (Å²) in [5, 5.41) is 0. The first-order chi connectivity index (χ1) is 14.4. The van der Waals surface area contributed by atoms with Gasteiger partial charge in [-0.05, 0) is 30.0 Å². The van der Waals surface area contributed by atoms with Crippen molar-refractivity contribution in [1.82, 2.24) is 0 Å². The predicted molar refractivity (Wildman–Crippen MR) is 116 cm³/mol. The van der Waals surface area contributed by atoms with Crippen LogP contribution in [0.5, 0.6) is 11.5 Å². The summed E-state index contributed by atoms with van der Waals surface area (Å²) in [7, 11) is 3.17. The summed E-state index contributed by atoms with van der Waals surface area (Å²) in [5.74, 6) is 0.917. The highest BCUT2D eigenvalue weighted by Crippen LogP contribution is 2.50. The maximum Gasteiger partial charge on any atom is 0.232 e. The molecule has 4 rings (SSSR count). The minimum absolute atomic E-state index is 0.0136. The molecule has 2 aromatic rings. The Labute approximate surface area is 177 Å². The summed E-state index contributed by atoms with van der Waals surface area (Å²) in [4.78, 5) is 28.6. The zero-order valence-corrected chi connectivity index (χ0v) is 17.9. The quantitative estimate of drug-likeness (QED) is 0.728. The van der Waals surface area contributed by atoms with E-state index in [4.69, 9.17) is 9.47 Å². The van der Waals surface area contributed by atoms with E-state index in [1.165, 1.54) is 0 Å². The van der Waals surface area contributed by atoms with Crippen LogP contribution in [-0.2, 0) is 9.59 Å². The van der Waals surface area contributed by atoms with Gasteiger partial charge in [0.05, 0.1) is 14.2 Å². The van der Waals surface area contributed by atoms with Crippen molar-refractivity contribution in [2.45, 2.75) is 39.0 Å². The third-order valence-corrected chi connectivity index (χ3v) is 5.97. The molecular formula is C25H27NO4. The van der Waals surface area contributed by atoms with Crippen molar-refractivity contribution in [2.24, 2.45) is 5.41 Å². The van der Waals surface area contributed by atoms with Gasteiger partial charge in [-0.15, -0.1) is 0 Å². The topological polar surface area (TPSA) is 55.8 Å². The van der Waals surface area contributed by atoms with Crippen LogP contribution >= 0.6 is 0 Å². The Hall–Kier alpha value is -3.08. The van der Waals surface area contributed by atoms with Crippen molar-refractivity contribution < 1.29 is 19.1 Å². The SMILES string of the molecule is COc1cccc(C2CC(=O)N(c3ccccc3)C3=C2C(=O)CC(C)(C)C3)c1OC. The van der Waals surface area contributed by atoms with Gasteiger partial charge in [0.1, 0.15) is 0 Å². The van der Waals surface area contributed by atoms with Crippen molar-refractivity contribution in [2.75, 3.05) is 19.1 Å². The molecule has 0 saturated heterocycles. The van der Waals surface area contributed by atoms with Crippen LogP contribution < -0.4 is 14.4 Å². The van der Waals surface area contributed by atoms with Gasteiger partial charge in [0.15, 0.2) is 17.3 Å². The molecule has 1 atom stereocenters. The fourth-order valence-electron chi connectivity index (χ4n) is 4.74. The number of carbonyl (C=O) groups excluding carboxylic acids is 2. The minimum atomic E-state index is -0.346. The lowest BCUT2D eigenvalue weighted by Crippen LogP contribution is -2.43. The van der Waals surface area contributed by atoms with Crippen LogP contribution in [0.15, 0.2) is 59.8 Å². The number of nitrogens with zero attached hydrogens (tertiary/aromatic N) is 1. The lowest BCUT2D eigenvalue weighted by Gasteiger charge is -2.43. The minimum Gasteiger partial charge on any atom is -0.493 e. The predicted octanol–water partition coefficient (Wildman–Crippen LogP) is 4.87. The van der Waals surface area contributed by atoms with Crippen LogP contribution in [-0.4, -0.2) is 25.9 Å². The van der Waals surface area contributed by atoms with E-state index < -0.39 is 0 Å². The second kappa shape index (κ2) is 7.63. The number of amides is 1. The maximum atomic E-state index is 13.4. The summed E-state index contributed by atoms with van der Waals surface area (Å²) in [6.07, 6.45) is 1.34. The number of ketones is 1. The number of hydrogen-bond acceptors (Lipinski definition) is 4. The number of hydrogen-bond donors (Lipinski definition) is 0. The molecule has 0 fully saturated rings. The Morgan fingerprint density at radius 2 is 1.67 bits per heavy atom. The molecule has 1 aliphatic heterocycles. The third-order valence-electron chi connectivity index (χ3n) is 5.97. The lowest BCUT2D eigenvalue weighted by atomic mass is 9.69. The Kier molecular flexibility index (Phi) is 5.14. The zero-order chi connectivity index (χ0) is 21.5. The molecule has 1 unspecified atom stereocenters. The molecule has 5 heteroatoms. The van der Waals surface area contributed by atoms with Crippen LogP contribution in [0.2, 0.25) is 0 Å². The highest BCUT2D eigenvalue weighted by molar-refractivity contribution is 6.08. The van der Waals surface area contributed by atoms with Gasteiger partial charge >= 0.3 is 0 Å². The summed E-state index contributed by atoms with van der Waals surface area (Å²) < 4.78 is 11.1. The monoisotopic (exact) mass is 405 g/mol. The molecule has 5 nitrogen and oxygen atoms in total. The molecule has 156 valence electrons. The van der Waals surface area contributed by atoms with Gasteiger partial charge in [0.2, 0.25) is 5.91 Å². The zero-order valence-electron chi connectivity index (χ0n) is 17.9. The second-order valence-corrected chi connectivity index (χ2v) is 8.71. The number of carbonyl (C=O) groups is 2. The first-order valence-electron chi connectivity index (χ1n) is 10.2. The van der Waals surface area contributed by atoms with Gasteiger partial charge in [0, 0.05) is 41.3 Å². The molecule has 1 aliphatic carbocycles. The van der Waals surface area contributed by atoms with E-state index in [9.17, 15) is 9.59 Å². The summed E-state index contributed by atoms with van der Waals surface area (Å²) >= 11 is 0. The van der Waals surface area contributed by atoms with E-state index in [2.05, 4.69) is 13.8 Å². The van der Waals surface area contributed by atoms with Crippen molar-refractivity contribution in [1.29, 1.82) is 0 Å². The van der Waals surface area contributed by atoms with E-state index in [-0.39, 0.29) is 29.4 Å². The largest absolute Gasteiger partial charge is 0.493 e. The van der Waals surface area contributed by atoms with Gasteiger partial charge in [-0.1, -0.05) is 44.2 Å². The number of rotatable bonds is 4. The van der Waals surface area contributed by atoms with Crippen molar-refractivity contribution in [3.05, 3.63) is 65.4 Å². The van der Waals surface area contributed by atoms with E-state index in [0.29, 0.717) is 24.3 Å². The van der Waals surface area contributed by atoms with Gasteiger partial charge < -0.3 is 9.47 Å². The van der Waals surface area contributed by atoms with Crippen LogP contribution in [0, 0.1) is 5.41 Å². The number of benzene rings is 2. The van der Waals surface area contributed by atoms with Crippen LogP contribution in [0.1, 0.15) is 44.6 Å². The Morgan fingerprint density at radius 3 is 2.33 bits per heavy atom. The molecule has 1 heterocycles. The fourth-order valence-corrected chi connectivity index (χ4v) is 4.74. The average molecular weight is 405 g/mol. The van der Waals surface area contributed by atoms with Crippen molar-refractivity contribution in [3.63, 3.8) is 0 Å². The highest BCUT2D eigenvalue weighted by atomic mass is 16.5. The maximum absolute atomic E-state index is 13.4. The summed E-state index contributed by atoms with van der Waals surface area (Å²) in [6, 6.07) is 15.2. The van der Waals surface area contributed by atoms with Crippen molar-refractivity contribution >= 4 is 17.4 Å². The second-order valence-electron chi connectivity index (χ2n) is 8.71. The van der Waals surface area contributed by atoms with Gasteiger partial charge in [-0.25, -0.2) is 0 Å². The molecule has 0 aromatic heterocycles. The lowest BCUT2D eigenvalue weighted by molar-refractivity contribution is -0.121. The smallest absolute Gasteiger partial charge is 0.232 e. The normalized spacial score (nSPS) is 20.8. The molecule has 2 aliphatic rings. The van der Waals surface area contributed by atoms with Crippen LogP contribution in [0.3, 0.4) is 0 Å². The van der Waals surface area contributed by atoms with Crippen molar-refractivity contribution in [3.8, 4) is 11.5 Å². The van der Waals surface area contributed by atoms with E-state index in [1.807, 2.05) is 48.5 Å². The van der Waals surface area contributed by atoms with Gasteiger partial charge in [-0.2, -0.15) is 0 Å². The first-order valence-corrected chi connectivity index (χ1v) is 10.2. The summed E-state index contributed by atoms with van der Waals surface area (Å²) in [6.45, 7) is 4.16. The van der Waals surface area contributed by atoms with Gasteiger partial charge in [0.25, 0.3) is 0 Å². The van der Waals surface area contributed by atoms with E-state index in [0.717, 1.165) is 22.5 Å². The van der Waals surface area contributed by atoms with E-state index in [1.54, 1.807) is 19.1 Å². The van der Waals surface area contributed by atoms with E-state index >= 15 is 0 Å². The third kappa shape index (κ3) is 3.38. The number of methoxy groups -OCH3 is 2. The first kappa shape index (κ1) is 20.2. The number of Topliss-reactive ketones (excluding diaryl/α,β-unsaturated/α-hetero) is 1. The van der Waals surface area contributed by atoms with Crippen LogP contribution in [0.25, 0.3) is 0 Å². The molecule has 0 N–H and O–H groups in total. The number of ether oxygens (including phenoxy) is 2. The molecule has 1 amide bonds. The molecule has 30 heavy (non-hydrogen) atoms. The molecule has 2 aromatic carbocycles. The summed E-state index contributed by atoms with van der Waals surface area (Å²) in [5.41, 5.74) is 2.96. The Bertz CT molecular complexity index is 1020. The number of anilines is 1. The highest BCUT2D eigenvalue weighted by Gasteiger charge is 2.45. The Morgan fingerprint density at radius 1 is 0.933 bits per heavy atom. The standard InChI is InChI=1S/C25H27NO4/c1-25(2)14-19-23(20(27)15-25)18(17-11-8-12-21(29-3)24(17)30-4)13-22(28)26(19)16-9-6-5-7-10-16/h5-12,18H,13-15H2,1-4H3. The molecule has 0 saturated carbocycles. The molecule has 0 spiro atoms. The Balaban J connectivity index is 1.93. The molecular weight excluding hydrogens is 378 g/mol.